The lowest BCUT2D eigenvalue weighted by Gasteiger charge is -2.03. The minimum Gasteiger partial charge on any atom is -0.463 e. The summed E-state index contributed by atoms with van der Waals surface area (Å²) in [6.45, 7) is 0.613. The summed E-state index contributed by atoms with van der Waals surface area (Å²) in [5.74, 6) is 3.54. The zero-order chi connectivity index (χ0) is 12.1. The van der Waals surface area contributed by atoms with Crippen molar-refractivity contribution >= 4 is 29.2 Å². The molecule has 0 fully saturated rings. The van der Waals surface area contributed by atoms with Gasteiger partial charge in [0.25, 0.3) is 0 Å². The first-order chi connectivity index (χ1) is 8.28. The van der Waals surface area contributed by atoms with Gasteiger partial charge in [-0.3, -0.25) is 0 Å². The number of furan rings is 1. The maximum absolute atomic E-state index is 5.79. The van der Waals surface area contributed by atoms with E-state index >= 15 is 0 Å². The first kappa shape index (κ1) is 12.3. The highest BCUT2D eigenvalue weighted by Gasteiger charge is 2.02. The number of hydrogen-bond acceptors (Lipinski definition) is 4. The molecule has 0 atom stereocenters. The Kier molecular flexibility index (Phi) is 4.34. The van der Waals surface area contributed by atoms with Crippen molar-refractivity contribution in [1.29, 1.82) is 0 Å². The number of rotatable bonds is 5. The molecule has 1 N–H and O–H groups in total. The van der Waals surface area contributed by atoms with E-state index in [9.17, 15) is 0 Å². The van der Waals surface area contributed by atoms with Gasteiger partial charge < -0.3 is 9.73 Å². The Morgan fingerprint density at radius 3 is 2.88 bits per heavy atom. The second-order valence-electron chi connectivity index (χ2n) is 3.50. The van der Waals surface area contributed by atoms with Crippen LogP contribution in [-0.2, 0) is 12.3 Å². The van der Waals surface area contributed by atoms with E-state index in [2.05, 4.69) is 16.6 Å². The van der Waals surface area contributed by atoms with Crippen LogP contribution >= 0.6 is 23.4 Å². The van der Waals surface area contributed by atoms with Crippen LogP contribution in [0.1, 0.15) is 11.5 Å². The normalized spacial score (nSPS) is 10.5. The van der Waals surface area contributed by atoms with Crippen LogP contribution in [0.25, 0.3) is 0 Å². The quantitative estimate of drug-likeness (QED) is 0.837. The number of anilines is 1. The molecular weight excluding hydrogens is 256 g/mol. The van der Waals surface area contributed by atoms with Crippen LogP contribution in [0.3, 0.4) is 0 Å². The number of aromatic nitrogens is 1. The van der Waals surface area contributed by atoms with E-state index in [1.165, 1.54) is 0 Å². The molecule has 0 saturated carbocycles. The summed E-state index contributed by atoms with van der Waals surface area (Å²) in [6, 6.07) is 9.45. The Morgan fingerprint density at radius 2 is 2.12 bits per heavy atom. The molecule has 2 heterocycles. The average molecular weight is 269 g/mol. The molecule has 0 aliphatic carbocycles. The second kappa shape index (κ2) is 5.98. The topological polar surface area (TPSA) is 38.1 Å². The molecule has 2 aromatic rings. The fourth-order valence-corrected chi connectivity index (χ4v) is 2.03. The van der Waals surface area contributed by atoms with Crippen LogP contribution in [0.15, 0.2) is 34.7 Å². The Hall–Kier alpha value is -1.13. The summed E-state index contributed by atoms with van der Waals surface area (Å²) in [5, 5.41) is 3.64. The number of nitrogens with zero attached hydrogens (tertiary/aromatic N) is 1. The summed E-state index contributed by atoms with van der Waals surface area (Å²) in [6.07, 6.45) is 2.05. The summed E-state index contributed by atoms with van der Waals surface area (Å²) in [7, 11) is 0. The molecule has 0 radical (unpaired) electrons. The smallest absolute Gasteiger partial charge is 0.131 e. The Morgan fingerprint density at radius 1 is 1.29 bits per heavy atom. The summed E-state index contributed by atoms with van der Waals surface area (Å²) in [4.78, 5) is 4.14. The molecule has 17 heavy (non-hydrogen) atoms. The van der Waals surface area contributed by atoms with E-state index in [0.717, 1.165) is 23.1 Å². The first-order valence-corrected chi connectivity index (χ1v) is 6.98. The molecule has 0 aliphatic rings. The molecule has 2 rings (SSSR count). The number of pyridine rings is 1. The lowest BCUT2D eigenvalue weighted by molar-refractivity contribution is 0.487. The van der Waals surface area contributed by atoms with E-state index in [4.69, 9.17) is 16.0 Å². The van der Waals surface area contributed by atoms with Gasteiger partial charge in [-0.2, -0.15) is 11.8 Å². The molecule has 0 saturated heterocycles. The monoisotopic (exact) mass is 268 g/mol. The van der Waals surface area contributed by atoms with Gasteiger partial charge >= 0.3 is 0 Å². The zero-order valence-corrected chi connectivity index (χ0v) is 11.0. The minimum absolute atomic E-state index is 0.484. The Labute approximate surface area is 110 Å². The molecule has 0 aromatic carbocycles. The third-order valence-corrected chi connectivity index (χ3v) is 2.95. The predicted molar refractivity (Wildman–Crippen MR) is 72.5 cm³/mol. The van der Waals surface area contributed by atoms with E-state index in [1.807, 2.05) is 24.3 Å². The van der Waals surface area contributed by atoms with Crippen LogP contribution in [-0.4, -0.2) is 11.2 Å². The Balaban J connectivity index is 1.93. The number of nitrogens with one attached hydrogen (secondary N) is 1. The van der Waals surface area contributed by atoms with Crippen molar-refractivity contribution in [3.8, 4) is 0 Å². The van der Waals surface area contributed by atoms with Crippen LogP contribution in [0.4, 0.5) is 5.82 Å². The lowest BCUT2D eigenvalue weighted by atomic mass is 10.4. The fourth-order valence-electron chi connectivity index (χ4n) is 1.42. The molecule has 0 unspecified atom stereocenters. The van der Waals surface area contributed by atoms with Crippen molar-refractivity contribution in [2.45, 2.75) is 12.3 Å². The largest absolute Gasteiger partial charge is 0.463 e. The van der Waals surface area contributed by atoms with Crippen molar-refractivity contribution in [1.82, 2.24) is 4.98 Å². The van der Waals surface area contributed by atoms with Crippen molar-refractivity contribution in [3.63, 3.8) is 0 Å². The molecule has 0 spiro atoms. The van der Waals surface area contributed by atoms with Gasteiger partial charge in [0.2, 0.25) is 0 Å². The summed E-state index contributed by atoms with van der Waals surface area (Å²) < 4.78 is 5.63. The zero-order valence-electron chi connectivity index (χ0n) is 9.44. The van der Waals surface area contributed by atoms with E-state index in [0.29, 0.717) is 11.7 Å². The van der Waals surface area contributed by atoms with Crippen molar-refractivity contribution < 1.29 is 4.42 Å². The maximum Gasteiger partial charge on any atom is 0.131 e. The highest BCUT2D eigenvalue weighted by Crippen LogP contribution is 2.15. The van der Waals surface area contributed by atoms with Crippen LogP contribution in [0, 0.1) is 0 Å². The van der Waals surface area contributed by atoms with Crippen LogP contribution in [0.5, 0.6) is 0 Å². The Bertz CT molecular complexity index is 487. The first-order valence-electron chi connectivity index (χ1n) is 5.21. The second-order valence-corrected chi connectivity index (χ2v) is 4.75. The predicted octanol–water partition coefficient (Wildman–Crippen LogP) is 3.80. The van der Waals surface area contributed by atoms with Gasteiger partial charge in [0.1, 0.15) is 22.5 Å². The fraction of sp³-hybridized carbons (Fsp3) is 0.250. The molecular formula is C12H13ClN2OS. The maximum atomic E-state index is 5.79. The molecule has 90 valence electrons. The molecule has 2 aromatic heterocycles. The molecule has 0 amide bonds. The van der Waals surface area contributed by atoms with Crippen molar-refractivity contribution in [3.05, 3.63) is 47.0 Å². The number of thioether (sulfide) groups is 1. The van der Waals surface area contributed by atoms with Crippen molar-refractivity contribution in [2.75, 3.05) is 11.6 Å². The third-order valence-electron chi connectivity index (χ3n) is 2.16. The average Bonchev–Trinajstić information content (AvgIpc) is 2.75. The molecule has 5 heteroatoms. The third kappa shape index (κ3) is 3.68. The van der Waals surface area contributed by atoms with Gasteiger partial charge in [-0.25, -0.2) is 4.98 Å². The summed E-state index contributed by atoms with van der Waals surface area (Å²) >= 11 is 7.54. The van der Waals surface area contributed by atoms with Gasteiger partial charge in [-0.1, -0.05) is 17.7 Å². The van der Waals surface area contributed by atoms with Gasteiger partial charge in [0, 0.05) is 0 Å². The molecule has 0 aliphatic heterocycles. The van der Waals surface area contributed by atoms with Crippen LogP contribution < -0.4 is 5.32 Å². The van der Waals surface area contributed by atoms with E-state index < -0.39 is 0 Å². The van der Waals surface area contributed by atoms with Crippen LogP contribution in [0.2, 0.25) is 5.15 Å². The number of hydrogen-bond donors (Lipinski definition) is 1. The summed E-state index contributed by atoms with van der Waals surface area (Å²) in [5.41, 5.74) is 0. The van der Waals surface area contributed by atoms with Gasteiger partial charge in [0.05, 0.1) is 12.3 Å². The lowest BCUT2D eigenvalue weighted by Crippen LogP contribution is -1.99. The van der Waals surface area contributed by atoms with Gasteiger partial charge in [-0.15, -0.1) is 0 Å². The van der Waals surface area contributed by atoms with Gasteiger partial charge in [0.15, 0.2) is 0 Å². The number of halogens is 1. The molecule has 0 bridgehead atoms. The standard InChI is InChI=1S/C12H13ClN2OS/c1-17-8-10-6-5-9(16-10)7-14-12-4-2-3-11(13)15-12/h2-6H,7-8H2,1H3,(H,14,15). The molecule has 3 nitrogen and oxygen atoms in total. The minimum atomic E-state index is 0.484. The van der Waals surface area contributed by atoms with Crippen molar-refractivity contribution in [2.24, 2.45) is 0 Å². The van der Waals surface area contributed by atoms with E-state index in [-0.39, 0.29) is 0 Å². The highest BCUT2D eigenvalue weighted by molar-refractivity contribution is 7.97. The van der Waals surface area contributed by atoms with Gasteiger partial charge in [-0.05, 0) is 30.5 Å². The highest BCUT2D eigenvalue weighted by atomic mass is 35.5. The van der Waals surface area contributed by atoms with E-state index in [1.54, 1.807) is 17.8 Å². The SMILES string of the molecule is CSCc1ccc(CNc2cccc(Cl)n2)o1.